The molecule has 25 heavy (non-hydrogen) atoms. The van der Waals surface area contributed by atoms with Gasteiger partial charge in [-0.05, 0) is 17.2 Å². The third-order valence-electron chi connectivity index (χ3n) is 3.63. The highest BCUT2D eigenvalue weighted by Gasteiger charge is 2.13. The molecule has 1 unspecified atom stereocenters. The molecule has 122 valence electrons. The van der Waals surface area contributed by atoms with Crippen molar-refractivity contribution in [3.05, 3.63) is 95.0 Å². The summed E-state index contributed by atoms with van der Waals surface area (Å²) in [6.07, 6.45) is 3.68. The van der Waals surface area contributed by atoms with Crippen LogP contribution in [-0.2, 0) is 6.42 Å². The Morgan fingerprint density at radius 2 is 1.48 bits per heavy atom. The van der Waals surface area contributed by atoms with Crippen LogP contribution in [0.1, 0.15) is 16.7 Å². The summed E-state index contributed by atoms with van der Waals surface area (Å²) in [6, 6.07) is 21.4. The zero-order valence-electron chi connectivity index (χ0n) is 13.4. The Bertz CT molecular complexity index is 843. The van der Waals surface area contributed by atoms with Gasteiger partial charge in [0.25, 0.3) is 0 Å². The molecule has 2 aromatic carbocycles. The third kappa shape index (κ3) is 4.50. The Kier molecular flexibility index (Phi) is 5.50. The van der Waals surface area contributed by atoms with Crippen molar-refractivity contribution >= 4 is 17.3 Å². The first-order chi connectivity index (χ1) is 12.3. The highest BCUT2D eigenvalue weighted by molar-refractivity contribution is 6.28. The van der Waals surface area contributed by atoms with Gasteiger partial charge in [-0.15, -0.1) is 0 Å². The van der Waals surface area contributed by atoms with Crippen LogP contribution < -0.4 is 0 Å². The quantitative estimate of drug-likeness (QED) is 0.516. The Labute approximate surface area is 151 Å². The number of nitrogens with zero attached hydrogens (tertiary/aromatic N) is 4. The molecule has 0 aliphatic rings. The first-order valence-corrected chi connectivity index (χ1v) is 8.19. The van der Waals surface area contributed by atoms with E-state index in [1.54, 1.807) is 12.4 Å². The van der Waals surface area contributed by atoms with Gasteiger partial charge in [-0.1, -0.05) is 60.7 Å². The maximum atomic E-state index is 9.56. The van der Waals surface area contributed by atoms with Crippen LogP contribution in [0, 0.1) is 11.3 Å². The maximum absolute atomic E-state index is 9.56. The molecule has 5 heteroatoms. The molecule has 0 radical (unpaired) electrons. The van der Waals surface area contributed by atoms with Gasteiger partial charge >= 0.3 is 0 Å². The molecular weight excluding hydrogens is 332 g/mol. The van der Waals surface area contributed by atoms with E-state index in [-0.39, 0.29) is 5.28 Å². The van der Waals surface area contributed by atoms with Crippen molar-refractivity contribution in [3.63, 3.8) is 0 Å². The number of rotatable bonds is 5. The molecule has 4 nitrogen and oxygen atoms in total. The van der Waals surface area contributed by atoms with Crippen molar-refractivity contribution in [1.82, 2.24) is 9.97 Å². The van der Waals surface area contributed by atoms with Crippen molar-refractivity contribution in [2.45, 2.75) is 12.5 Å². The van der Waals surface area contributed by atoms with E-state index in [4.69, 9.17) is 16.6 Å². The lowest BCUT2D eigenvalue weighted by Gasteiger charge is -2.11. The lowest BCUT2D eigenvalue weighted by molar-refractivity contribution is 0.815. The second kappa shape index (κ2) is 8.18. The molecule has 0 spiro atoms. The van der Waals surface area contributed by atoms with Crippen LogP contribution in [-0.4, -0.2) is 21.7 Å². The molecule has 1 aromatic heterocycles. The molecule has 3 rings (SSSR count). The van der Waals surface area contributed by atoms with Gasteiger partial charge in [-0.25, -0.2) is 9.97 Å². The smallest absolute Gasteiger partial charge is 0.222 e. The molecule has 0 aliphatic heterocycles. The van der Waals surface area contributed by atoms with Crippen molar-refractivity contribution in [1.29, 1.82) is 5.26 Å². The van der Waals surface area contributed by atoms with Crippen LogP contribution in [0.3, 0.4) is 0 Å². The normalized spacial score (nSPS) is 11.4. The lowest BCUT2D eigenvalue weighted by Crippen LogP contribution is -2.13. The van der Waals surface area contributed by atoms with Gasteiger partial charge < -0.3 is 0 Å². The van der Waals surface area contributed by atoms with Gasteiger partial charge in [0.1, 0.15) is 6.04 Å². The number of nitriles is 1. The van der Waals surface area contributed by atoms with Gasteiger partial charge in [-0.3, -0.25) is 4.99 Å². The lowest BCUT2D eigenvalue weighted by atomic mass is 10.0. The maximum Gasteiger partial charge on any atom is 0.222 e. The predicted molar refractivity (Wildman–Crippen MR) is 98.7 cm³/mol. The van der Waals surface area contributed by atoms with Gasteiger partial charge in [0, 0.05) is 29.9 Å². The number of halogens is 1. The molecular formula is C20H15ClN4. The fourth-order valence-electron chi connectivity index (χ4n) is 2.45. The fourth-order valence-corrected chi connectivity index (χ4v) is 2.55. The fraction of sp³-hybridized carbons (Fsp3) is 0.100. The first kappa shape index (κ1) is 16.8. The SMILES string of the molecule is N#CC(Cc1cnc(Cl)nc1)N=C(c1ccccc1)c1ccccc1. The minimum atomic E-state index is -0.541. The average Bonchev–Trinajstić information content (AvgIpc) is 2.68. The minimum absolute atomic E-state index is 0.190. The highest BCUT2D eigenvalue weighted by atomic mass is 35.5. The summed E-state index contributed by atoms with van der Waals surface area (Å²) in [5, 5.41) is 9.75. The van der Waals surface area contributed by atoms with E-state index in [1.165, 1.54) is 0 Å². The van der Waals surface area contributed by atoms with E-state index in [2.05, 4.69) is 16.0 Å². The van der Waals surface area contributed by atoms with E-state index in [9.17, 15) is 5.26 Å². The van der Waals surface area contributed by atoms with Crippen LogP contribution >= 0.6 is 11.6 Å². The number of hydrogen-bond donors (Lipinski definition) is 0. The van der Waals surface area contributed by atoms with E-state index >= 15 is 0 Å². The summed E-state index contributed by atoms with van der Waals surface area (Å²) in [4.78, 5) is 12.6. The summed E-state index contributed by atoms with van der Waals surface area (Å²) in [5.41, 5.74) is 3.56. The van der Waals surface area contributed by atoms with Gasteiger partial charge in [0.15, 0.2) is 0 Å². The Balaban J connectivity index is 1.96. The van der Waals surface area contributed by atoms with Crippen LogP contribution in [0.5, 0.6) is 0 Å². The third-order valence-corrected chi connectivity index (χ3v) is 3.83. The number of aromatic nitrogens is 2. The van der Waals surface area contributed by atoms with Crippen molar-refractivity contribution in [2.75, 3.05) is 0 Å². The van der Waals surface area contributed by atoms with Crippen molar-refractivity contribution in [3.8, 4) is 6.07 Å². The molecule has 0 aliphatic carbocycles. The van der Waals surface area contributed by atoms with E-state index in [1.807, 2.05) is 60.7 Å². The molecule has 0 fully saturated rings. The predicted octanol–water partition coefficient (Wildman–Crippen LogP) is 4.10. The Morgan fingerprint density at radius 1 is 0.960 bits per heavy atom. The molecule has 1 atom stereocenters. The molecule has 0 saturated carbocycles. The van der Waals surface area contributed by atoms with E-state index < -0.39 is 6.04 Å². The minimum Gasteiger partial charge on any atom is -0.265 e. The monoisotopic (exact) mass is 346 g/mol. The largest absolute Gasteiger partial charge is 0.265 e. The second-order valence-corrected chi connectivity index (χ2v) is 5.76. The zero-order valence-corrected chi connectivity index (χ0v) is 14.1. The first-order valence-electron chi connectivity index (χ1n) is 7.81. The molecule has 0 N–H and O–H groups in total. The summed E-state index contributed by atoms with van der Waals surface area (Å²) in [6.45, 7) is 0. The average molecular weight is 347 g/mol. The standard InChI is InChI=1S/C20H15ClN4/c21-20-23-13-15(14-24-20)11-18(12-22)25-19(16-7-3-1-4-8-16)17-9-5-2-6-10-17/h1-10,13-14,18H,11H2. The van der Waals surface area contributed by atoms with Crippen LogP contribution in [0.25, 0.3) is 0 Å². The zero-order chi connectivity index (χ0) is 17.5. The van der Waals surface area contributed by atoms with Gasteiger partial charge in [-0.2, -0.15) is 5.26 Å². The van der Waals surface area contributed by atoms with Crippen molar-refractivity contribution in [2.24, 2.45) is 4.99 Å². The van der Waals surface area contributed by atoms with Crippen LogP contribution in [0.4, 0.5) is 0 Å². The number of hydrogen-bond acceptors (Lipinski definition) is 4. The molecule has 1 heterocycles. The summed E-state index contributed by atoms with van der Waals surface area (Å²) < 4.78 is 0. The van der Waals surface area contributed by atoms with Crippen LogP contribution in [0.15, 0.2) is 78.0 Å². The molecule has 0 bridgehead atoms. The van der Waals surface area contributed by atoms with E-state index in [0.717, 1.165) is 22.4 Å². The topological polar surface area (TPSA) is 61.9 Å². The molecule has 0 amide bonds. The van der Waals surface area contributed by atoms with E-state index in [0.29, 0.717) is 6.42 Å². The highest BCUT2D eigenvalue weighted by Crippen LogP contribution is 2.14. The number of benzene rings is 2. The van der Waals surface area contributed by atoms with Crippen LogP contribution in [0.2, 0.25) is 5.28 Å². The Morgan fingerprint density at radius 3 is 1.96 bits per heavy atom. The second-order valence-electron chi connectivity index (χ2n) is 5.42. The van der Waals surface area contributed by atoms with Gasteiger partial charge in [0.05, 0.1) is 11.8 Å². The number of aliphatic imine (C=N–C) groups is 1. The molecule has 0 saturated heterocycles. The van der Waals surface area contributed by atoms with Gasteiger partial charge in [0.2, 0.25) is 5.28 Å². The summed E-state index contributed by atoms with van der Waals surface area (Å²) in [5.74, 6) is 0. The summed E-state index contributed by atoms with van der Waals surface area (Å²) >= 11 is 5.71. The molecule has 3 aromatic rings. The Hall–Kier alpha value is -3.03. The summed E-state index contributed by atoms with van der Waals surface area (Å²) in [7, 11) is 0. The van der Waals surface area contributed by atoms with Crippen molar-refractivity contribution < 1.29 is 0 Å².